The minimum Gasteiger partial charge on any atom is -0.490 e. The SMILES string of the molecule is C=CCNc1ccc(OC)c([N+](=O)[O-])c1. The van der Waals surface area contributed by atoms with Crippen LogP contribution in [0.3, 0.4) is 0 Å². The van der Waals surface area contributed by atoms with E-state index in [0.717, 1.165) is 0 Å². The minimum absolute atomic E-state index is 0.0495. The number of hydrogen-bond donors (Lipinski definition) is 1. The maximum absolute atomic E-state index is 10.7. The standard InChI is InChI=1S/C10H12N2O3/c1-3-6-11-8-4-5-10(15-2)9(7-8)12(13)14/h3-5,7,11H,1,6H2,2H3. The summed E-state index contributed by atoms with van der Waals surface area (Å²) in [5.74, 6) is 0.254. The number of benzene rings is 1. The zero-order valence-corrected chi connectivity index (χ0v) is 8.40. The van der Waals surface area contributed by atoms with Gasteiger partial charge in [0.1, 0.15) is 0 Å². The van der Waals surface area contributed by atoms with Gasteiger partial charge in [-0.25, -0.2) is 0 Å². The topological polar surface area (TPSA) is 64.4 Å². The second kappa shape index (κ2) is 4.99. The minimum atomic E-state index is -0.474. The van der Waals surface area contributed by atoms with Gasteiger partial charge in [-0.3, -0.25) is 10.1 Å². The Hall–Kier alpha value is -2.04. The average molecular weight is 208 g/mol. The van der Waals surface area contributed by atoms with Crippen LogP contribution in [-0.4, -0.2) is 18.6 Å². The average Bonchev–Trinajstić information content (AvgIpc) is 2.25. The summed E-state index contributed by atoms with van der Waals surface area (Å²) >= 11 is 0. The molecule has 15 heavy (non-hydrogen) atoms. The van der Waals surface area contributed by atoms with Crippen LogP contribution in [0, 0.1) is 10.1 Å². The molecule has 0 heterocycles. The third kappa shape index (κ3) is 2.70. The molecule has 1 aromatic rings. The lowest BCUT2D eigenvalue weighted by atomic mass is 10.2. The molecule has 0 atom stereocenters. The third-order valence-corrected chi connectivity index (χ3v) is 1.83. The summed E-state index contributed by atoms with van der Waals surface area (Å²) in [5, 5.41) is 13.6. The molecule has 0 bridgehead atoms. The van der Waals surface area contributed by atoms with Crippen LogP contribution in [-0.2, 0) is 0 Å². The molecule has 0 spiro atoms. The van der Waals surface area contributed by atoms with Crippen LogP contribution in [0.2, 0.25) is 0 Å². The first-order valence-corrected chi connectivity index (χ1v) is 4.36. The van der Waals surface area contributed by atoms with Crippen molar-refractivity contribution in [3.05, 3.63) is 41.0 Å². The van der Waals surface area contributed by atoms with Crippen LogP contribution < -0.4 is 10.1 Å². The Morgan fingerprint density at radius 1 is 1.67 bits per heavy atom. The van der Waals surface area contributed by atoms with Crippen molar-refractivity contribution in [2.45, 2.75) is 0 Å². The van der Waals surface area contributed by atoms with E-state index in [0.29, 0.717) is 12.2 Å². The van der Waals surface area contributed by atoms with Gasteiger partial charge >= 0.3 is 5.69 Å². The van der Waals surface area contributed by atoms with Crippen molar-refractivity contribution in [3.63, 3.8) is 0 Å². The second-order valence-electron chi connectivity index (χ2n) is 2.81. The lowest BCUT2D eigenvalue weighted by Gasteiger charge is -2.05. The van der Waals surface area contributed by atoms with Crippen LogP contribution in [0.25, 0.3) is 0 Å². The lowest BCUT2D eigenvalue weighted by Crippen LogP contribution is -2.00. The summed E-state index contributed by atoms with van der Waals surface area (Å²) in [6.07, 6.45) is 1.68. The van der Waals surface area contributed by atoms with Gasteiger partial charge in [-0.05, 0) is 12.1 Å². The Labute approximate surface area is 87.5 Å². The van der Waals surface area contributed by atoms with Crippen LogP contribution in [0.15, 0.2) is 30.9 Å². The molecule has 5 heteroatoms. The zero-order chi connectivity index (χ0) is 11.3. The van der Waals surface area contributed by atoms with Crippen molar-refractivity contribution < 1.29 is 9.66 Å². The first-order chi connectivity index (χ1) is 7.19. The quantitative estimate of drug-likeness (QED) is 0.457. The Morgan fingerprint density at radius 3 is 2.93 bits per heavy atom. The maximum Gasteiger partial charge on any atom is 0.312 e. The number of methoxy groups -OCH3 is 1. The summed E-state index contributed by atoms with van der Waals surface area (Å²) in [7, 11) is 1.40. The molecular weight excluding hydrogens is 196 g/mol. The number of rotatable bonds is 5. The van der Waals surface area contributed by atoms with E-state index in [-0.39, 0.29) is 11.4 Å². The van der Waals surface area contributed by atoms with Gasteiger partial charge in [-0.2, -0.15) is 0 Å². The molecule has 5 nitrogen and oxygen atoms in total. The van der Waals surface area contributed by atoms with Crippen LogP contribution in [0.1, 0.15) is 0 Å². The highest BCUT2D eigenvalue weighted by atomic mass is 16.6. The summed E-state index contributed by atoms with van der Waals surface area (Å²) in [6, 6.07) is 4.71. The van der Waals surface area contributed by atoms with Gasteiger partial charge < -0.3 is 10.1 Å². The molecule has 0 saturated carbocycles. The number of anilines is 1. The number of nitro benzene ring substituents is 1. The number of nitrogens with zero attached hydrogens (tertiary/aromatic N) is 1. The molecule has 0 unspecified atom stereocenters. The van der Waals surface area contributed by atoms with Gasteiger partial charge in [0, 0.05) is 18.3 Å². The van der Waals surface area contributed by atoms with E-state index in [9.17, 15) is 10.1 Å². The third-order valence-electron chi connectivity index (χ3n) is 1.83. The fraction of sp³-hybridized carbons (Fsp3) is 0.200. The van der Waals surface area contributed by atoms with Gasteiger partial charge in [0.2, 0.25) is 0 Å². The highest BCUT2D eigenvalue weighted by Gasteiger charge is 2.14. The van der Waals surface area contributed by atoms with Crippen molar-refractivity contribution in [2.75, 3.05) is 19.0 Å². The van der Waals surface area contributed by atoms with Crippen molar-refractivity contribution >= 4 is 11.4 Å². The van der Waals surface area contributed by atoms with Gasteiger partial charge in [0.05, 0.1) is 12.0 Å². The fourth-order valence-corrected chi connectivity index (χ4v) is 1.13. The van der Waals surface area contributed by atoms with Gasteiger partial charge in [-0.15, -0.1) is 6.58 Å². The van der Waals surface area contributed by atoms with Crippen molar-refractivity contribution in [2.24, 2.45) is 0 Å². The molecular formula is C10H12N2O3. The van der Waals surface area contributed by atoms with Gasteiger partial charge in [0.25, 0.3) is 0 Å². The molecule has 0 saturated heterocycles. The predicted molar refractivity (Wildman–Crippen MR) is 58.3 cm³/mol. The van der Waals surface area contributed by atoms with E-state index < -0.39 is 4.92 Å². The first-order valence-electron chi connectivity index (χ1n) is 4.36. The Kier molecular flexibility index (Phi) is 3.68. The van der Waals surface area contributed by atoms with E-state index in [1.807, 2.05) is 0 Å². The predicted octanol–water partition coefficient (Wildman–Crippen LogP) is 2.20. The molecule has 0 aliphatic carbocycles. The molecule has 0 radical (unpaired) electrons. The van der Waals surface area contributed by atoms with E-state index >= 15 is 0 Å². The molecule has 0 fully saturated rings. The normalized spacial score (nSPS) is 9.40. The maximum atomic E-state index is 10.7. The molecule has 0 amide bonds. The highest BCUT2D eigenvalue weighted by molar-refractivity contribution is 5.58. The Balaban J connectivity index is 2.99. The van der Waals surface area contributed by atoms with E-state index in [1.165, 1.54) is 13.2 Å². The Bertz CT molecular complexity index is 377. The monoisotopic (exact) mass is 208 g/mol. The number of nitrogens with one attached hydrogen (secondary N) is 1. The molecule has 1 rings (SSSR count). The summed E-state index contributed by atoms with van der Waals surface area (Å²) in [4.78, 5) is 10.2. The summed E-state index contributed by atoms with van der Waals surface area (Å²) in [6.45, 7) is 4.10. The molecule has 0 aliphatic rings. The fourth-order valence-electron chi connectivity index (χ4n) is 1.13. The molecule has 1 N–H and O–H groups in total. The summed E-state index contributed by atoms with van der Waals surface area (Å²) in [5.41, 5.74) is 0.619. The highest BCUT2D eigenvalue weighted by Crippen LogP contribution is 2.29. The van der Waals surface area contributed by atoms with Crippen LogP contribution in [0.5, 0.6) is 5.75 Å². The van der Waals surface area contributed by atoms with Crippen LogP contribution >= 0.6 is 0 Å². The van der Waals surface area contributed by atoms with E-state index in [4.69, 9.17) is 4.74 Å². The molecule has 0 aliphatic heterocycles. The van der Waals surface area contributed by atoms with Crippen molar-refractivity contribution in [1.29, 1.82) is 0 Å². The largest absolute Gasteiger partial charge is 0.490 e. The van der Waals surface area contributed by atoms with Gasteiger partial charge in [0.15, 0.2) is 5.75 Å². The van der Waals surface area contributed by atoms with Crippen LogP contribution in [0.4, 0.5) is 11.4 Å². The lowest BCUT2D eigenvalue weighted by molar-refractivity contribution is -0.385. The number of nitro groups is 1. The molecule has 80 valence electrons. The molecule has 0 aromatic heterocycles. The number of hydrogen-bond acceptors (Lipinski definition) is 4. The summed E-state index contributed by atoms with van der Waals surface area (Å²) < 4.78 is 4.88. The van der Waals surface area contributed by atoms with Crippen molar-refractivity contribution in [3.8, 4) is 5.75 Å². The zero-order valence-electron chi connectivity index (χ0n) is 8.40. The number of ether oxygens (including phenoxy) is 1. The smallest absolute Gasteiger partial charge is 0.312 e. The van der Waals surface area contributed by atoms with E-state index in [2.05, 4.69) is 11.9 Å². The first kappa shape index (κ1) is 11.0. The van der Waals surface area contributed by atoms with Gasteiger partial charge in [-0.1, -0.05) is 6.08 Å². The second-order valence-corrected chi connectivity index (χ2v) is 2.81. The molecule has 1 aromatic carbocycles. The van der Waals surface area contributed by atoms with Crippen molar-refractivity contribution in [1.82, 2.24) is 0 Å². The van der Waals surface area contributed by atoms with E-state index in [1.54, 1.807) is 18.2 Å². The Morgan fingerprint density at radius 2 is 2.40 bits per heavy atom.